The van der Waals surface area contributed by atoms with Crippen molar-refractivity contribution in [2.75, 3.05) is 33.7 Å². The van der Waals surface area contributed by atoms with Crippen LogP contribution in [0.3, 0.4) is 0 Å². The van der Waals surface area contributed by atoms with Crippen molar-refractivity contribution < 1.29 is 51.5 Å². The third-order valence-corrected chi connectivity index (χ3v) is 6.38. The van der Waals surface area contributed by atoms with Gasteiger partial charge in [-0.05, 0) is 19.8 Å². The van der Waals surface area contributed by atoms with Crippen molar-refractivity contribution in [2.24, 2.45) is 17.1 Å². The first kappa shape index (κ1) is 31.8. The van der Waals surface area contributed by atoms with Crippen LogP contribution in [-0.4, -0.2) is 75.3 Å². The lowest BCUT2D eigenvalue weighted by Crippen LogP contribution is -2.50. The van der Waals surface area contributed by atoms with Crippen molar-refractivity contribution in [1.82, 2.24) is 10.6 Å². The summed E-state index contributed by atoms with van der Waals surface area (Å²) >= 11 is 0. The molecule has 0 bridgehead atoms. The first-order chi connectivity index (χ1) is 16.5. The highest BCUT2D eigenvalue weighted by molar-refractivity contribution is 7.48. The number of amides is 2. The smallest absolute Gasteiger partial charge is 0.469 e. The van der Waals surface area contributed by atoms with Crippen LogP contribution in [0.25, 0.3) is 0 Å². The van der Waals surface area contributed by atoms with E-state index in [0.717, 1.165) is 0 Å². The van der Waals surface area contributed by atoms with Crippen LogP contribution in [0.5, 0.6) is 0 Å². The molecule has 0 unspecified atom stereocenters. The molecule has 1 saturated heterocycles. The second-order valence-corrected chi connectivity index (χ2v) is 11.5. The molecule has 0 aliphatic carbocycles. The number of methoxy groups -OCH3 is 1. The lowest BCUT2D eigenvalue weighted by Gasteiger charge is -2.39. The fraction of sp³-hybridized carbons (Fsp3) is 0.810. The molecular weight excluding hydrogens is 501 g/mol. The fourth-order valence-corrected chi connectivity index (χ4v) is 4.20. The minimum absolute atomic E-state index is 0.00868. The number of carbonyl (C=O) groups is 4. The van der Waals surface area contributed by atoms with Gasteiger partial charge in [-0.15, -0.1) is 0 Å². The van der Waals surface area contributed by atoms with E-state index < -0.39 is 61.7 Å². The number of hydrogen-bond donors (Lipinski definition) is 3. The third kappa shape index (κ3) is 10.4. The molecule has 36 heavy (non-hydrogen) atoms. The van der Waals surface area contributed by atoms with Gasteiger partial charge in [0, 0.05) is 12.0 Å². The highest BCUT2D eigenvalue weighted by atomic mass is 31.2. The predicted molar refractivity (Wildman–Crippen MR) is 125 cm³/mol. The maximum absolute atomic E-state index is 12.8. The van der Waals surface area contributed by atoms with Gasteiger partial charge in [-0.2, -0.15) is 0 Å². The Morgan fingerprint density at radius 3 is 2.42 bits per heavy atom. The van der Waals surface area contributed by atoms with Gasteiger partial charge in [0.15, 0.2) is 6.10 Å². The molecule has 0 aromatic rings. The van der Waals surface area contributed by atoms with Gasteiger partial charge in [0.05, 0.1) is 25.7 Å². The van der Waals surface area contributed by atoms with E-state index in [1.807, 2.05) is 0 Å². The number of phosphoric ester groups is 1. The van der Waals surface area contributed by atoms with Crippen LogP contribution in [-0.2, 0) is 46.7 Å². The highest BCUT2D eigenvalue weighted by Gasteiger charge is 2.49. The highest BCUT2D eigenvalue weighted by Crippen LogP contribution is 2.57. The van der Waals surface area contributed by atoms with Crippen LogP contribution in [0.2, 0.25) is 0 Å². The summed E-state index contributed by atoms with van der Waals surface area (Å²) in [7, 11) is -3.03. The second-order valence-electron chi connectivity index (χ2n) is 9.88. The Morgan fingerprint density at radius 1 is 1.19 bits per heavy atom. The molecule has 1 rings (SSSR count). The van der Waals surface area contributed by atoms with E-state index in [1.165, 1.54) is 7.11 Å². The number of rotatable bonds is 12. The van der Waals surface area contributed by atoms with Crippen LogP contribution >= 0.6 is 7.82 Å². The van der Waals surface area contributed by atoms with Crippen LogP contribution in [0.4, 0.5) is 4.79 Å². The molecule has 1 aliphatic rings. The van der Waals surface area contributed by atoms with Gasteiger partial charge in [-0.25, -0.2) is 13.9 Å². The maximum Gasteiger partial charge on any atom is 0.478 e. The Hall–Kier alpha value is -2.25. The monoisotopic (exact) mass is 539 g/mol. The third-order valence-electron chi connectivity index (χ3n) is 5.04. The van der Waals surface area contributed by atoms with Crippen LogP contribution in [0.15, 0.2) is 0 Å². The van der Waals surface area contributed by atoms with Gasteiger partial charge in [0.2, 0.25) is 12.7 Å². The van der Waals surface area contributed by atoms with E-state index in [0.29, 0.717) is 0 Å². The van der Waals surface area contributed by atoms with Crippen molar-refractivity contribution in [3.8, 4) is 0 Å². The summed E-state index contributed by atoms with van der Waals surface area (Å²) in [5.74, 6) is -1.85. The summed E-state index contributed by atoms with van der Waals surface area (Å²) < 4.78 is 42.9. The molecule has 14 nitrogen and oxygen atoms in total. The largest absolute Gasteiger partial charge is 0.478 e. The van der Waals surface area contributed by atoms with Gasteiger partial charge < -0.3 is 30.6 Å². The molecule has 4 N–H and O–H groups in total. The van der Waals surface area contributed by atoms with Crippen molar-refractivity contribution >= 4 is 31.8 Å². The Labute approximate surface area is 210 Å². The molecule has 0 radical (unpaired) electrons. The molecule has 0 aromatic heterocycles. The average molecular weight is 540 g/mol. The average Bonchev–Trinajstić information content (AvgIpc) is 2.78. The number of esters is 2. The summed E-state index contributed by atoms with van der Waals surface area (Å²) in [6.45, 7) is 8.91. The Kier molecular flexibility index (Phi) is 11.8. The number of carbonyl (C=O) groups excluding carboxylic acids is 4. The van der Waals surface area contributed by atoms with Gasteiger partial charge in [0.1, 0.15) is 12.6 Å². The van der Waals surface area contributed by atoms with E-state index >= 15 is 0 Å². The molecule has 0 spiro atoms. The summed E-state index contributed by atoms with van der Waals surface area (Å²) in [5.41, 5.74) is 3.85. The molecular formula is C21H38N3O11P. The van der Waals surface area contributed by atoms with Crippen molar-refractivity contribution in [1.29, 1.82) is 0 Å². The van der Waals surface area contributed by atoms with E-state index in [2.05, 4.69) is 15.4 Å². The fourth-order valence-electron chi connectivity index (χ4n) is 2.69. The van der Waals surface area contributed by atoms with Gasteiger partial charge in [-0.1, -0.05) is 27.7 Å². The molecule has 1 aliphatic heterocycles. The Bertz CT molecular complexity index is 847. The van der Waals surface area contributed by atoms with Crippen LogP contribution < -0.4 is 16.4 Å². The molecule has 1 fully saturated rings. The van der Waals surface area contributed by atoms with E-state index in [1.54, 1.807) is 41.5 Å². The van der Waals surface area contributed by atoms with Crippen LogP contribution in [0, 0.1) is 11.3 Å². The SMILES string of the molecule is COC(=O)CCNC(=O)[C@@H]1O[P@@](=O)(OCOC(=O)NC(C)(C)COC(=O)[C@@H](N)C(C)C)OCC1(C)C. The lowest BCUT2D eigenvalue weighted by atomic mass is 9.87. The normalized spacial score (nSPS) is 22.3. The summed E-state index contributed by atoms with van der Waals surface area (Å²) in [4.78, 5) is 47.8. The summed E-state index contributed by atoms with van der Waals surface area (Å²) in [6.07, 6.45) is -2.23. The number of alkyl carbamates (subject to hydrolysis) is 1. The second kappa shape index (κ2) is 13.3. The summed E-state index contributed by atoms with van der Waals surface area (Å²) in [5, 5.41) is 4.98. The molecule has 3 atom stereocenters. The summed E-state index contributed by atoms with van der Waals surface area (Å²) in [6, 6.07) is -0.794. The molecule has 0 aromatic carbocycles. The van der Waals surface area contributed by atoms with Gasteiger partial charge >= 0.3 is 25.9 Å². The molecule has 1 heterocycles. The number of nitrogens with two attached hydrogens (primary N) is 1. The molecule has 2 amide bonds. The first-order valence-corrected chi connectivity index (χ1v) is 12.8. The molecule has 0 saturated carbocycles. The van der Waals surface area contributed by atoms with Crippen LogP contribution in [0.1, 0.15) is 48.0 Å². The van der Waals surface area contributed by atoms with Crippen molar-refractivity contribution in [3.63, 3.8) is 0 Å². The Morgan fingerprint density at radius 2 is 1.83 bits per heavy atom. The molecule has 15 heteroatoms. The minimum atomic E-state index is -4.25. The standard InChI is InChI=1S/C21H38N3O11P/c1-13(2)15(22)18(27)31-11-21(5,6)24-19(28)32-12-34-36(29)33-10-20(3,4)16(35-36)17(26)23-9-8-14(25)30-7/h13,15-16H,8-12,22H2,1-7H3,(H,23,26)(H,24,28)/t15-,16-,36+/m0/s1. The molecule has 208 valence electrons. The topological polar surface area (TPSA) is 191 Å². The first-order valence-electron chi connectivity index (χ1n) is 11.3. The number of hydrogen-bond acceptors (Lipinski definition) is 12. The Balaban J connectivity index is 2.56. The van der Waals surface area contributed by atoms with Gasteiger partial charge in [-0.3, -0.25) is 23.4 Å². The number of nitrogens with one attached hydrogen (secondary N) is 2. The predicted octanol–water partition coefficient (Wildman–Crippen LogP) is 1.22. The van der Waals surface area contributed by atoms with Crippen molar-refractivity contribution in [2.45, 2.75) is 65.6 Å². The number of ether oxygens (including phenoxy) is 3. The lowest BCUT2D eigenvalue weighted by molar-refractivity contribution is -0.148. The minimum Gasteiger partial charge on any atom is -0.469 e. The quantitative estimate of drug-likeness (QED) is 0.139. The van der Waals surface area contributed by atoms with E-state index in [-0.39, 0.29) is 32.1 Å². The zero-order valence-electron chi connectivity index (χ0n) is 21.8. The zero-order valence-corrected chi connectivity index (χ0v) is 22.7. The maximum atomic E-state index is 12.8. The number of phosphoric acid groups is 1. The van der Waals surface area contributed by atoms with Gasteiger partial charge in [0.25, 0.3) is 0 Å². The van der Waals surface area contributed by atoms with Crippen molar-refractivity contribution in [3.05, 3.63) is 0 Å². The van der Waals surface area contributed by atoms with E-state index in [9.17, 15) is 23.7 Å². The zero-order chi connectivity index (χ0) is 27.7. The van der Waals surface area contributed by atoms with E-state index in [4.69, 9.17) is 28.8 Å².